The summed E-state index contributed by atoms with van der Waals surface area (Å²) in [6.07, 6.45) is 6.77. The maximum Gasteiger partial charge on any atom is 0.319 e. The fraction of sp³-hybridized carbons (Fsp3) is 0.500. The van der Waals surface area contributed by atoms with E-state index in [2.05, 4.69) is 40.4 Å². The molecule has 27 heavy (non-hydrogen) atoms. The van der Waals surface area contributed by atoms with Crippen LogP contribution in [0.5, 0.6) is 0 Å². The molecule has 0 saturated carbocycles. The molecule has 2 heterocycles. The first kappa shape index (κ1) is 19.4. The van der Waals surface area contributed by atoms with Crippen LogP contribution in [-0.2, 0) is 17.8 Å². The summed E-state index contributed by atoms with van der Waals surface area (Å²) >= 11 is 0. The van der Waals surface area contributed by atoms with E-state index in [1.165, 1.54) is 0 Å². The molecule has 1 aromatic carbocycles. The van der Waals surface area contributed by atoms with Crippen molar-refractivity contribution in [1.82, 2.24) is 19.8 Å². The molecule has 0 spiro atoms. The molecule has 1 saturated heterocycles. The Labute approximate surface area is 160 Å². The largest absolute Gasteiger partial charge is 0.373 e. The number of aryl methyl sites for hydroxylation is 1. The molecule has 1 aliphatic heterocycles. The molecule has 2 aromatic rings. The molecule has 1 aromatic heterocycles. The second-order valence-corrected chi connectivity index (χ2v) is 7.14. The number of nitrogens with one attached hydrogen (secondary N) is 2. The number of carbonyl (C=O) groups excluding carboxylic acids is 1. The van der Waals surface area contributed by atoms with Crippen molar-refractivity contribution in [2.45, 2.75) is 45.6 Å². The van der Waals surface area contributed by atoms with Gasteiger partial charge in [-0.15, -0.1) is 0 Å². The van der Waals surface area contributed by atoms with Crippen LogP contribution in [0.1, 0.15) is 25.8 Å². The number of hydrogen-bond acceptors (Lipinski definition) is 4. The molecular weight excluding hydrogens is 342 g/mol. The van der Waals surface area contributed by atoms with Gasteiger partial charge in [0.05, 0.1) is 18.5 Å². The molecule has 0 aliphatic carbocycles. The number of morpholine rings is 1. The van der Waals surface area contributed by atoms with Gasteiger partial charge in [0.25, 0.3) is 0 Å². The van der Waals surface area contributed by atoms with Gasteiger partial charge in [-0.1, -0.05) is 18.2 Å². The molecular formula is C20H29N5O2. The van der Waals surface area contributed by atoms with Gasteiger partial charge in [0, 0.05) is 50.8 Å². The number of aromatic nitrogens is 2. The fourth-order valence-electron chi connectivity index (χ4n) is 3.48. The van der Waals surface area contributed by atoms with Crippen LogP contribution in [0.3, 0.4) is 0 Å². The zero-order chi connectivity index (χ0) is 19.1. The van der Waals surface area contributed by atoms with Crippen LogP contribution in [0.15, 0.2) is 43.0 Å². The molecule has 1 aliphatic rings. The molecule has 2 atom stereocenters. The number of carbonyl (C=O) groups is 1. The Morgan fingerprint density at radius 3 is 2.78 bits per heavy atom. The van der Waals surface area contributed by atoms with Gasteiger partial charge in [-0.25, -0.2) is 9.78 Å². The average Bonchev–Trinajstić information content (AvgIpc) is 3.13. The monoisotopic (exact) mass is 371 g/mol. The Bertz CT molecular complexity index is 709. The van der Waals surface area contributed by atoms with Gasteiger partial charge in [-0.05, 0) is 31.9 Å². The Kier molecular flexibility index (Phi) is 6.84. The van der Waals surface area contributed by atoms with Crippen molar-refractivity contribution >= 4 is 11.7 Å². The van der Waals surface area contributed by atoms with Crippen LogP contribution < -0.4 is 10.6 Å². The number of para-hydroxylation sites is 1. The van der Waals surface area contributed by atoms with Gasteiger partial charge >= 0.3 is 6.03 Å². The number of rotatable bonds is 7. The predicted molar refractivity (Wildman–Crippen MR) is 106 cm³/mol. The van der Waals surface area contributed by atoms with Crippen LogP contribution in [0, 0.1) is 0 Å². The molecule has 2 unspecified atom stereocenters. The average molecular weight is 371 g/mol. The molecule has 0 bridgehead atoms. The van der Waals surface area contributed by atoms with E-state index in [1.54, 1.807) is 12.5 Å². The lowest BCUT2D eigenvalue weighted by molar-refractivity contribution is -0.0704. The number of urea groups is 1. The van der Waals surface area contributed by atoms with Crippen molar-refractivity contribution in [3.8, 4) is 0 Å². The summed E-state index contributed by atoms with van der Waals surface area (Å²) in [5.41, 5.74) is 1.98. The molecule has 2 N–H and O–H groups in total. The van der Waals surface area contributed by atoms with Gasteiger partial charge < -0.3 is 19.9 Å². The van der Waals surface area contributed by atoms with Gasteiger partial charge in [-0.3, -0.25) is 4.90 Å². The minimum Gasteiger partial charge on any atom is -0.373 e. The lowest BCUT2D eigenvalue weighted by Gasteiger charge is -2.35. The van der Waals surface area contributed by atoms with Gasteiger partial charge in [0.2, 0.25) is 0 Å². The molecule has 146 valence electrons. The van der Waals surface area contributed by atoms with Gasteiger partial charge in [0.15, 0.2) is 0 Å². The molecule has 3 rings (SSSR count). The van der Waals surface area contributed by atoms with E-state index in [0.717, 1.165) is 43.9 Å². The van der Waals surface area contributed by atoms with Crippen LogP contribution in [0.4, 0.5) is 10.5 Å². The normalized spacial score (nSPS) is 20.4. The topological polar surface area (TPSA) is 71.4 Å². The third-order valence-electron chi connectivity index (χ3n) is 4.59. The SMILES string of the molecule is CC1CN(Cc2ccccc2NC(=O)NCCCn2ccnc2)CC(C)O1. The first-order chi connectivity index (χ1) is 13.1. The highest BCUT2D eigenvalue weighted by Gasteiger charge is 2.22. The first-order valence-electron chi connectivity index (χ1n) is 9.56. The van der Waals surface area contributed by atoms with E-state index in [9.17, 15) is 4.79 Å². The highest BCUT2D eigenvalue weighted by molar-refractivity contribution is 5.90. The quantitative estimate of drug-likeness (QED) is 0.734. The Morgan fingerprint density at radius 2 is 2.04 bits per heavy atom. The predicted octanol–water partition coefficient (Wildman–Crippen LogP) is 2.70. The van der Waals surface area contributed by atoms with Gasteiger partial charge in [0.1, 0.15) is 0 Å². The summed E-state index contributed by atoms with van der Waals surface area (Å²) in [6, 6.07) is 7.81. The molecule has 7 nitrogen and oxygen atoms in total. The highest BCUT2D eigenvalue weighted by atomic mass is 16.5. The smallest absolute Gasteiger partial charge is 0.319 e. The summed E-state index contributed by atoms with van der Waals surface area (Å²) < 4.78 is 7.80. The van der Waals surface area contributed by atoms with E-state index >= 15 is 0 Å². The van der Waals surface area contributed by atoms with E-state index in [0.29, 0.717) is 6.54 Å². The van der Waals surface area contributed by atoms with E-state index < -0.39 is 0 Å². The second-order valence-electron chi connectivity index (χ2n) is 7.14. The van der Waals surface area contributed by atoms with Crippen LogP contribution in [-0.4, -0.2) is 52.3 Å². The number of hydrogen-bond donors (Lipinski definition) is 2. The summed E-state index contributed by atoms with van der Waals surface area (Å²) in [4.78, 5) is 18.6. The number of benzene rings is 1. The highest BCUT2D eigenvalue weighted by Crippen LogP contribution is 2.20. The third kappa shape index (κ3) is 6.08. The number of nitrogens with zero attached hydrogens (tertiary/aromatic N) is 3. The van der Waals surface area contributed by atoms with E-state index in [-0.39, 0.29) is 18.2 Å². The molecule has 2 amide bonds. The van der Waals surface area contributed by atoms with Crippen molar-refractivity contribution in [1.29, 1.82) is 0 Å². The lowest BCUT2D eigenvalue weighted by atomic mass is 10.1. The van der Waals surface area contributed by atoms with Crippen LogP contribution >= 0.6 is 0 Å². The Balaban J connectivity index is 1.48. The summed E-state index contributed by atoms with van der Waals surface area (Å²) in [5.74, 6) is 0. The van der Waals surface area contributed by atoms with Crippen LogP contribution in [0.2, 0.25) is 0 Å². The van der Waals surface area contributed by atoms with E-state index in [4.69, 9.17) is 4.74 Å². The number of ether oxygens (including phenoxy) is 1. The summed E-state index contributed by atoms with van der Waals surface area (Å²) in [6.45, 7) is 8.26. The van der Waals surface area contributed by atoms with Crippen molar-refractivity contribution in [2.24, 2.45) is 0 Å². The standard InChI is InChI=1S/C20H29N5O2/c1-16-12-25(13-17(2)27-16)14-18-6-3-4-7-19(18)23-20(26)22-8-5-10-24-11-9-21-15-24/h3-4,6-7,9,11,15-17H,5,8,10,12-14H2,1-2H3,(H2,22,23,26). The zero-order valence-electron chi connectivity index (χ0n) is 16.1. The maximum atomic E-state index is 12.2. The zero-order valence-corrected chi connectivity index (χ0v) is 16.1. The van der Waals surface area contributed by atoms with Crippen molar-refractivity contribution < 1.29 is 9.53 Å². The van der Waals surface area contributed by atoms with E-state index in [1.807, 2.05) is 29.0 Å². The third-order valence-corrected chi connectivity index (χ3v) is 4.59. The molecule has 1 fully saturated rings. The first-order valence-corrected chi connectivity index (χ1v) is 9.56. The van der Waals surface area contributed by atoms with Crippen molar-refractivity contribution in [3.63, 3.8) is 0 Å². The minimum absolute atomic E-state index is 0.170. The second kappa shape index (κ2) is 9.53. The minimum atomic E-state index is -0.170. The van der Waals surface area contributed by atoms with Gasteiger partial charge in [-0.2, -0.15) is 0 Å². The van der Waals surface area contributed by atoms with Crippen LogP contribution in [0.25, 0.3) is 0 Å². The van der Waals surface area contributed by atoms with Crippen molar-refractivity contribution in [2.75, 3.05) is 25.0 Å². The molecule has 0 radical (unpaired) electrons. The Hall–Kier alpha value is -2.38. The molecule has 7 heteroatoms. The summed E-state index contributed by atoms with van der Waals surface area (Å²) in [7, 11) is 0. The summed E-state index contributed by atoms with van der Waals surface area (Å²) in [5, 5.41) is 5.91. The maximum absolute atomic E-state index is 12.2. The lowest BCUT2D eigenvalue weighted by Crippen LogP contribution is -2.45. The Morgan fingerprint density at radius 1 is 1.26 bits per heavy atom. The van der Waals surface area contributed by atoms with Crippen molar-refractivity contribution in [3.05, 3.63) is 48.5 Å². The number of imidazole rings is 1. The number of amides is 2. The number of anilines is 1. The fourth-order valence-corrected chi connectivity index (χ4v) is 3.48.